The van der Waals surface area contributed by atoms with Crippen LogP contribution in [-0.4, -0.2) is 20.8 Å². The SMILES string of the molecule is CC[C@H](NC(=O)N[C@H]1CCCc2c1cnn2C)c1nc(C)cs1. The molecule has 0 aliphatic heterocycles. The first-order valence-corrected chi connectivity index (χ1v) is 8.96. The van der Waals surface area contributed by atoms with E-state index in [1.54, 1.807) is 11.3 Å². The van der Waals surface area contributed by atoms with E-state index in [9.17, 15) is 4.79 Å². The Kier molecular flexibility index (Phi) is 4.66. The molecule has 0 spiro atoms. The summed E-state index contributed by atoms with van der Waals surface area (Å²) in [6.45, 7) is 4.03. The number of carbonyl (C=O) groups excluding carboxylic acids is 1. The van der Waals surface area contributed by atoms with Gasteiger partial charge in [0.25, 0.3) is 0 Å². The molecule has 0 saturated heterocycles. The number of carbonyl (C=O) groups is 1. The van der Waals surface area contributed by atoms with E-state index < -0.39 is 0 Å². The molecule has 2 N–H and O–H groups in total. The quantitative estimate of drug-likeness (QED) is 0.903. The Morgan fingerprint density at radius 1 is 1.57 bits per heavy atom. The summed E-state index contributed by atoms with van der Waals surface area (Å²) in [5.74, 6) is 0. The van der Waals surface area contributed by atoms with Crippen LogP contribution in [0.25, 0.3) is 0 Å². The lowest BCUT2D eigenvalue weighted by Crippen LogP contribution is -2.40. The highest BCUT2D eigenvalue weighted by molar-refractivity contribution is 7.09. The first kappa shape index (κ1) is 16.0. The van der Waals surface area contributed by atoms with Crippen LogP contribution in [0.3, 0.4) is 0 Å². The second kappa shape index (κ2) is 6.70. The zero-order valence-corrected chi connectivity index (χ0v) is 14.6. The van der Waals surface area contributed by atoms with Gasteiger partial charge < -0.3 is 10.6 Å². The number of nitrogens with one attached hydrogen (secondary N) is 2. The third kappa shape index (κ3) is 3.39. The number of hydrogen-bond donors (Lipinski definition) is 2. The summed E-state index contributed by atoms with van der Waals surface area (Å²) in [5, 5.41) is 13.5. The molecule has 1 aliphatic rings. The lowest BCUT2D eigenvalue weighted by molar-refractivity contribution is 0.231. The summed E-state index contributed by atoms with van der Waals surface area (Å²) in [6, 6.07) is -0.125. The van der Waals surface area contributed by atoms with E-state index in [-0.39, 0.29) is 18.1 Å². The van der Waals surface area contributed by atoms with Gasteiger partial charge in [0.2, 0.25) is 0 Å². The van der Waals surface area contributed by atoms with Crippen molar-refractivity contribution < 1.29 is 4.79 Å². The zero-order chi connectivity index (χ0) is 16.4. The highest BCUT2D eigenvalue weighted by Crippen LogP contribution is 2.29. The normalized spacial score (nSPS) is 18.3. The van der Waals surface area contributed by atoms with E-state index in [0.29, 0.717) is 0 Å². The fourth-order valence-corrected chi connectivity index (χ4v) is 4.02. The van der Waals surface area contributed by atoms with Gasteiger partial charge >= 0.3 is 6.03 Å². The Hall–Kier alpha value is -1.89. The van der Waals surface area contributed by atoms with Crippen LogP contribution in [-0.2, 0) is 13.5 Å². The molecule has 2 aromatic rings. The van der Waals surface area contributed by atoms with Gasteiger partial charge in [-0.05, 0) is 32.6 Å². The standard InChI is InChI=1S/C16H23N5OS/c1-4-12(15-18-10(2)9-23-15)19-16(22)20-13-6-5-7-14-11(13)8-17-21(14)3/h8-9,12-13H,4-7H2,1-3H3,(H2,19,20,22)/t12-,13-/m0/s1. The van der Waals surface area contributed by atoms with Gasteiger partial charge in [0.05, 0.1) is 18.3 Å². The van der Waals surface area contributed by atoms with Crippen molar-refractivity contribution in [1.29, 1.82) is 0 Å². The molecule has 0 bridgehead atoms. The van der Waals surface area contributed by atoms with Crippen molar-refractivity contribution >= 4 is 17.4 Å². The number of urea groups is 1. The molecule has 0 fully saturated rings. The molecule has 0 saturated carbocycles. The van der Waals surface area contributed by atoms with Crippen LogP contribution in [0, 0.1) is 6.92 Å². The topological polar surface area (TPSA) is 71.8 Å². The maximum Gasteiger partial charge on any atom is 0.315 e. The van der Waals surface area contributed by atoms with Crippen LogP contribution in [0.4, 0.5) is 4.79 Å². The van der Waals surface area contributed by atoms with Gasteiger partial charge in [-0.15, -0.1) is 11.3 Å². The molecule has 0 unspecified atom stereocenters. The molecule has 6 nitrogen and oxygen atoms in total. The van der Waals surface area contributed by atoms with Crippen LogP contribution in [0.5, 0.6) is 0 Å². The number of aromatic nitrogens is 3. The van der Waals surface area contributed by atoms with Crippen molar-refractivity contribution in [1.82, 2.24) is 25.4 Å². The number of aryl methyl sites for hydroxylation is 2. The van der Waals surface area contributed by atoms with Gasteiger partial charge in [-0.1, -0.05) is 6.92 Å². The van der Waals surface area contributed by atoms with E-state index in [2.05, 4.69) is 27.6 Å². The van der Waals surface area contributed by atoms with E-state index in [1.165, 1.54) is 5.69 Å². The van der Waals surface area contributed by atoms with Crippen molar-refractivity contribution in [2.75, 3.05) is 0 Å². The molecule has 0 aromatic carbocycles. The van der Waals surface area contributed by atoms with Gasteiger partial charge in [-0.3, -0.25) is 4.68 Å². The van der Waals surface area contributed by atoms with Gasteiger partial charge in [-0.25, -0.2) is 9.78 Å². The summed E-state index contributed by atoms with van der Waals surface area (Å²) >= 11 is 1.60. The second-order valence-electron chi connectivity index (χ2n) is 6.02. The van der Waals surface area contributed by atoms with Crippen LogP contribution >= 0.6 is 11.3 Å². The monoisotopic (exact) mass is 333 g/mol. The first-order chi connectivity index (χ1) is 11.1. The molecule has 7 heteroatoms. The molecule has 2 amide bonds. The molecule has 23 heavy (non-hydrogen) atoms. The van der Waals surface area contributed by atoms with Gasteiger partial charge in [0.1, 0.15) is 5.01 Å². The third-order valence-corrected chi connectivity index (χ3v) is 5.41. The number of rotatable bonds is 4. The third-order valence-electron chi connectivity index (χ3n) is 4.33. The molecule has 2 heterocycles. The Morgan fingerprint density at radius 2 is 2.39 bits per heavy atom. The zero-order valence-electron chi connectivity index (χ0n) is 13.8. The molecule has 0 radical (unpaired) electrons. The Labute approximate surface area is 140 Å². The minimum atomic E-state index is -0.133. The lowest BCUT2D eigenvalue weighted by Gasteiger charge is -2.25. The number of amides is 2. The molecule has 2 aromatic heterocycles. The van der Waals surface area contributed by atoms with Crippen molar-refractivity contribution in [2.24, 2.45) is 7.05 Å². The van der Waals surface area contributed by atoms with E-state index in [4.69, 9.17) is 0 Å². The van der Waals surface area contributed by atoms with Crippen molar-refractivity contribution in [3.63, 3.8) is 0 Å². The maximum atomic E-state index is 12.4. The highest BCUT2D eigenvalue weighted by Gasteiger charge is 2.25. The van der Waals surface area contributed by atoms with Crippen LogP contribution in [0.15, 0.2) is 11.6 Å². The average Bonchev–Trinajstić information content (AvgIpc) is 3.12. The predicted octanol–water partition coefficient (Wildman–Crippen LogP) is 3.01. The average molecular weight is 333 g/mol. The minimum absolute atomic E-state index is 0.0364. The molecule has 2 atom stereocenters. The lowest BCUT2D eigenvalue weighted by atomic mass is 9.93. The smallest absolute Gasteiger partial charge is 0.315 e. The van der Waals surface area contributed by atoms with Crippen molar-refractivity contribution in [3.05, 3.63) is 33.5 Å². The first-order valence-electron chi connectivity index (χ1n) is 8.08. The maximum absolute atomic E-state index is 12.4. The number of hydrogen-bond acceptors (Lipinski definition) is 4. The van der Waals surface area contributed by atoms with Crippen LogP contribution in [0.1, 0.15) is 60.2 Å². The van der Waals surface area contributed by atoms with Gasteiger partial charge in [-0.2, -0.15) is 5.10 Å². The number of nitrogens with zero attached hydrogens (tertiary/aromatic N) is 3. The summed E-state index contributed by atoms with van der Waals surface area (Å²) < 4.78 is 1.91. The fourth-order valence-electron chi connectivity index (χ4n) is 3.08. The van der Waals surface area contributed by atoms with E-state index >= 15 is 0 Å². The van der Waals surface area contributed by atoms with Gasteiger partial charge in [0, 0.05) is 29.4 Å². The Balaban J connectivity index is 1.65. The van der Waals surface area contributed by atoms with Gasteiger partial charge in [0.15, 0.2) is 0 Å². The Bertz CT molecular complexity index is 692. The summed E-state index contributed by atoms with van der Waals surface area (Å²) in [5.41, 5.74) is 3.37. The van der Waals surface area contributed by atoms with E-state index in [0.717, 1.165) is 41.9 Å². The van der Waals surface area contributed by atoms with Crippen LogP contribution < -0.4 is 10.6 Å². The summed E-state index contributed by atoms with van der Waals surface area (Å²) in [6.07, 6.45) is 5.76. The van der Waals surface area contributed by atoms with E-state index in [1.807, 2.05) is 30.2 Å². The minimum Gasteiger partial charge on any atom is -0.331 e. The van der Waals surface area contributed by atoms with Crippen molar-refractivity contribution in [2.45, 2.75) is 51.6 Å². The Morgan fingerprint density at radius 3 is 3.09 bits per heavy atom. The molecular weight excluding hydrogens is 310 g/mol. The number of fused-ring (bicyclic) bond motifs is 1. The predicted molar refractivity (Wildman–Crippen MR) is 90.4 cm³/mol. The molecular formula is C16H23N5OS. The molecule has 3 rings (SSSR count). The molecule has 1 aliphatic carbocycles. The highest BCUT2D eigenvalue weighted by atomic mass is 32.1. The summed E-state index contributed by atoms with van der Waals surface area (Å²) in [4.78, 5) is 16.9. The van der Waals surface area contributed by atoms with Crippen LogP contribution in [0.2, 0.25) is 0 Å². The van der Waals surface area contributed by atoms with Crippen molar-refractivity contribution in [3.8, 4) is 0 Å². The fraction of sp³-hybridized carbons (Fsp3) is 0.562. The second-order valence-corrected chi connectivity index (χ2v) is 6.91. The summed E-state index contributed by atoms with van der Waals surface area (Å²) in [7, 11) is 1.96. The number of thiazole rings is 1. The molecule has 124 valence electrons. The largest absolute Gasteiger partial charge is 0.331 e.